The van der Waals surface area contributed by atoms with Crippen molar-refractivity contribution >= 4 is 40.7 Å². The first-order chi connectivity index (χ1) is 12.0. The molecule has 136 valence electrons. The van der Waals surface area contributed by atoms with E-state index in [0.717, 1.165) is 45.3 Å². The predicted octanol–water partition coefficient (Wildman–Crippen LogP) is 3.41. The smallest absolute Gasteiger partial charge is 0.241 e. The third-order valence-corrected chi connectivity index (χ3v) is 5.28. The average Bonchev–Trinajstić information content (AvgIpc) is 3.03. The van der Waals surface area contributed by atoms with Crippen LogP contribution in [0.5, 0.6) is 0 Å². The Kier molecular flexibility index (Phi) is 6.20. The third-order valence-electron chi connectivity index (χ3n) is 4.84. The topological polar surface area (TPSA) is 52.7 Å². The fraction of sp³-hybridized carbons (Fsp3) is 0.556. The number of piperidine rings is 1. The summed E-state index contributed by atoms with van der Waals surface area (Å²) in [4.78, 5) is 29.0. The number of benzene rings is 1. The Bertz CT molecular complexity index is 627. The molecule has 3 rings (SSSR count). The molecular formula is C18H23Cl2N3O2. The first kappa shape index (κ1) is 18.5. The number of anilines is 1. The number of likely N-dealkylation sites (tertiary alicyclic amines) is 2. The van der Waals surface area contributed by atoms with E-state index in [4.69, 9.17) is 23.2 Å². The zero-order chi connectivity index (χ0) is 17.8. The van der Waals surface area contributed by atoms with Crippen LogP contribution in [-0.4, -0.2) is 53.8 Å². The lowest BCUT2D eigenvalue weighted by Gasteiger charge is -2.30. The number of nitrogens with one attached hydrogen (secondary N) is 1. The van der Waals surface area contributed by atoms with Gasteiger partial charge in [-0.05, 0) is 56.8 Å². The van der Waals surface area contributed by atoms with Gasteiger partial charge in [0, 0.05) is 28.8 Å². The van der Waals surface area contributed by atoms with Crippen LogP contribution in [0.25, 0.3) is 0 Å². The molecule has 2 heterocycles. The Morgan fingerprint density at radius 2 is 1.68 bits per heavy atom. The molecule has 2 saturated heterocycles. The summed E-state index contributed by atoms with van der Waals surface area (Å²) < 4.78 is 0. The number of carbonyl (C=O) groups excluding carboxylic acids is 2. The molecule has 0 aromatic heterocycles. The number of hydrogen-bond donors (Lipinski definition) is 1. The normalized spacial score (nSPS) is 21.4. The average molecular weight is 384 g/mol. The minimum absolute atomic E-state index is 0.109. The van der Waals surface area contributed by atoms with Gasteiger partial charge >= 0.3 is 0 Å². The summed E-state index contributed by atoms with van der Waals surface area (Å²) >= 11 is 12.0. The maximum absolute atomic E-state index is 12.6. The maximum Gasteiger partial charge on any atom is 0.241 e. The van der Waals surface area contributed by atoms with E-state index in [1.54, 1.807) is 18.2 Å². The Balaban J connectivity index is 1.60. The van der Waals surface area contributed by atoms with Crippen molar-refractivity contribution < 1.29 is 9.59 Å². The van der Waals surface area contributed by atoms with E-state index in [1.807, 2.05) is 9.80 Å². The molecule has 0 aliphatic carbocycles. The summed E-state index contributed by atoms with van der Waals surface area (Å²) in [5.74, 6) is 0.0208. The molecular weight excluding hydrogens is 361 g/mol. The first-order valence-electron chi connectivity index (χ1n) is 8.82. The lowest BCUT2D eigenvalue weighted by atomic mass is 10.1. The van der Waals surface area contributed by atoms with Gasteiger partial charge in [0.25, 0.3) is 0 Å². The standard InChI is InChI=1S/C18H23Cl2N3O2/c19-13-9-14(20)11-15(10-13)21-18(25)16-5-4-8-23(16)12-17(24)22-6-2-1-3-7-22/h9-11,16H,1-8,12H2,(H,21,25). The zero-order valence-electron chi connectivity index (χ0n) is 14.1. The predicted molar refractivity (Wildman–Crippen MR) is 100 cm³/mol. The molecule has 0 radical (unpaired) electrons. The van der Waals surface area contributed by atoms with Crippen molar-refractivity contribution in [2.75, 3.05) is 31.5 Å². The molecule has 2 fully saturated rings. The summed E-state index contributed by atoms with van der Waals surface area (Å²) in [5, 5.41) is 3.83. The summed E-state index contributed by atoms with van der Waals surface area (Å²) in [6, 6.07) is 4.68. The molecule has 2 aliphatic heterocycles. The number of halogens is 2. The molecule has 1 aromatic carbocycles. The molecule has 0 saturated carbocycles. The number of carbonyl (C=O) groups is 2. The van der Waals surface area contributed by atoms with Crippen LogP contribution in [0.4, 0.5) is 5.69 Å². The second-order valence-corrected chi connectivity index (χ2v) is 7.59. The van der Waals surface area contributed by atoms with E-state index in [9.17, 15) is 9.59 Å². The Labute approximate surface area is 158 Å². The molecule has 25 heavy (non-hydrogen) atoms. The highest BCUT2D eigenvalue weighted by Gasteiger charge is 2.33. The molecule has 2 aliphatic rings. The number of nitrogens with zero attached hydrogens (tertiary/aromatic N) is 2. The van der Waals surface area contributed by atoms with Gasteiger partial charge in [-0.1, -0.05) is 23.2 Å². The van der Waals surface area contributed by atoms with E-state index in [2.05, 4.69) is 5.32 Å². The molecule has 1 N–H and O–H groups in total. The van der Waals surface area contributed by atoms with Crippen LogP contribution in [0, 0.1) is 0 Å². The Hall–Kier alpha value is -1.30. The van der Waals surface area contributed by atoms with Crippen LogP contribution >= 0.6 is 23.2 Å². The van der Waals surface area contributed by atoms with Crippen molar-refractivity contribution in [3.63, 3.8) is 0 Å². The van der Waals surface area contributed by atoms with Gasteiger partial charge in [0.15, 0.2) is 0 Å². The van der Waals surface area contributed by atoms with Crippen LogP contribution in [-0.2, 0) is 9.59 Å². The van der Waals surface area contributed by atoms with Crippen molar-refractivity contribution in [3.8, 4) is 0 Å². The molecule has 0 spiro atoms. The van der Waals surface area contributed by atoms with Crippen LogP contribution in [0.2, 0.25) is 10.0 Å². The summed E-state index contributed by atoms with van der Waals surface area (Å²) in [6.07, 6.45) is 5.02. The zero-order valence-corrected chi connectivity index (χ0v) is 15.7. The highest BCUT2D eigenvalue weighted by Crippen LogP contribution is 2.24. The van der Waals surface area contributed by atoms with Gasteiger partial charge in [0.2, 0.25) is 11.8 Å². The van der Waals surface area contributed by atoms with E-state index in [-0.39, 0.29) is 17.9 Å². The second kappa shape index (κ2) is 8.39. The van der Waals surface area contributed by atoms with Crippen molar-refractivity contribution in [3.05, 3.63) is 28.2 Å². The molecule has 5 nitrogen and oxygen atoms in total. The minimum Gasteiger partial charge on any atom is -0.342 e. The van der Waals surface area contributed by atoms with Crippen molar-refractivity contribution in [1.82, 2.24) is 9.80 Å². The molecule has 0 bridgehead atoms. The largest absolute Gasteiger partial charge is 0.342 e. The molecule has 1 unspecified atom stereocenters. The Morgan fingerprint density at radius 3 is 2.36 bits per heavy atom. The van der Waals surface area contributed by atoms with E-state index in [0.29, 0.717) is 22.3 Å². The van der Waals surface area contributed by atoms with E-state index < -0.39 is 0 Å². The number of amides is 2. The third kappa shape index (κ3) is 4.87. The maximum atomic E-state index is 12.6. The molecule has 2 amide bonds. The quantitative estimate of drug-likeness (QED) is 0.866. The van der Waals surface area contributed by atoms with Gasteiger partial charge in [-0.25, -0.2) is 0 Å². The van der Waals surface area contributed by atoms with Crippen LogP contribution in [0.1, 0.15) is 32.1 Å². The first-order valence-corrected chi connectivity index (χ1v) is 9.57. The van der Waals surface area contributed by atoms with Crippen molar-refractivity contribution in [2.45, 2.75) is 38.1 Å². The van der Waals surface area contributed by atoms with E-state index in [1.165, 1.54) is 6.42 Å². The SMILES string of the molecule is O=C(Nc1cc(Cl)cc(Cl)c1)C1CCCN1CC(=O)N1CCCCC1. The second-order valence-electron chi connectivity index (χ2n) is 6.72. The van der Waals surface area contributed by atoms with Crippen molar-refractivity contribution in [2.24, 2.45) is 0 Å². The Morgan fingerprint density at radius 1 is 1.00 bits per heavy atom. The fourth-order valence-electron chi connectivity index (χ4n) is 3.58. The highest BCUT2D eigenvalue weighted by molar-refractivity contribution is 6.35. The van der Waals surface area contributed by atoms with Crippen molar-refractivity contribution in [1.29, 1.82) is 0 Å². The lowest BCUT2D eigenvalue weighted by Crippen LogP contribution is -2.47. The summed E-state index contributed by atoms with van der Waals surface area (Å²) in [6.45, 7) is 2.76. The minimum atomic E-state index is -0.286. The fourth-order valence-corrected chi connectivity index (χ4v) is 4.11. The van der Waals surface area contributed by atoms with Gasteiger partial charge < -0.3 is 10.2 Å². The highest BCUT2D eigenvalue weighted by atomic mass is 35.5. The number of hydrogen-bond acceptors (Lipinski definition) is 3. The molecule has 7 heteroatoms. The summed E-state index contributed by atoms with van der Waals surface area (Å²) in [7, 11) is 0. The number of rotatable bonds is 4. The van der Waals surface area contributed by atoms with Gasteiger partial charge in [0.1, 0.15) is 0 Å². The van der Waals surface area contributed by atoms with Crippen LogP contribution in [0.3, 0.4) is 0 Å². The van der Waals surface area contributed by atoms with Gasteiger partial charge in [-0.15, -0.1) is 0 Å². The van der Waals surface area contributed by atoms with Gasteiger partial charge in [0.05, 0.1) is 12.6 Å². The molecule has 1 aromatic rings. The summed E-state index contributed by atoms with van der Waals surface area (Å²) in [5.41, 5.74) is 0.580. The van der Waals surface area contributed by atoms with E-state index >= 15 is 0 Å². The monoisotopic (exact) mass is 383 g/mol. The molecule has 1 atom stereocenters. The lowest BCUT2D eigenvalue weighted by molar-refractivity contribution is -0.134. The van der Waals surface area contributed by atoms with Crippen LogP contribution in [0.15, 0.2) is 18.2 Å². The van der Waals surface area contributed by atoms with Gasteiger partial charge in [-0.2, -0.15) is 0 Å². The van der Waals surface area contributed by atoms with Gasteiger partial charge in [-0.3, -0.25) is 14.5 Å². The van der Waals surface area contributed by atoms with Crippen LogP contribution < -0.4 is 5.32 Å².